The van der Waals surface area contributed by atoms with Gasteiger partial charge in [0.1, 0.15) is 42.4 Å². The van der Waals surface area contributed by atoms with Crippen molar-refractivity contribution in [3.63, 3.8) is 0 Å². The molecule has 0 spiro atoms. The molecule has 53 heavy (non-hydrogen) atoms. The van der Waals surface area contributed by atoms with Crippen LogP contribution in [0, 0.1) is 5.82 Å². The van der Waals surface area contributed by atoms with Gasteiger partial charge in [-0.1, -0.05) is 49.9 Å². The van der Waals surface area contributed by atoms with E-state index in [1.807, 2.05) is 6.92 Å². The van der Waals surface area contributed by atoms with Crippen LogP contribution < -0.4 is 18.7 Å². The van der Waals surface area contributed by atoms with Crippen molar-refractivity contribution < 1.29 is 56.0 Å². The molecular formula is C36H49FN4O11S. The maximum Gasteiger partial charge on any atom is 0.422 e. The summed E-state index contributed by atoms with van der Waals surface area (Å²) in [7, 11) is -5.15. The first-order chi connectivity index (χ1) is 24.6. The fourth-order valence-corrected chi connectivity index (χ4v) is 6.43. The first-order valence-corrected chi connectivity index (χ1v) is 18.4. The second-order valence-corrected chi connectivity index (χ2v) is 15.9. The summed E-state index contributed by atoms with van der Waals surface area (Å²) in [6, 6.07) is 8.25. The molecule has 1 aliphatic heterocycles. The van der Waals surface area contributed by atoms with Gasteiger partial charge in [0.25, 0.3) is 0 Å². The Morgan fingerprint density at radius 3 is 2.26 bits per heavy atom. The molecule has 17 heteroatoms. The minimum absolute atomic E-state index is 0.173. The van der Waals surface area contributed by atoms with Crippen molar-refractivity contribution in [3.05, 3.63) is 66.0 Å². The lowest BCUT2D eigenvalue weighted by Crippen LogP contribution is -2.50. The summed E-state index contributed by atoms with van der Waals surface area (Å²) in [5, 5.41) is 10.5. The number of benzene rings is 2. The van der Waals surface area contributed by atoms with Crippen molar-refractivity contribution in [2.75, 3.05) is 28.9 Å². The van der Waals surface area contributed by atoms with Crippen LogP contribution in [0.4, 0.5) is 30.1 Å². The third-order valence-corrected chi connectivity index (χ3v) is 9.04. The van der Waals surface area contributed by atoms with Crippen molar-refractivity contribution in [3.8, 4) is 5.75 Å². The van der Waals surface area contributed by atoms with Crippen LogP contribution in [0.1, 0.15) is 72.9 Å². The number of fused-ring (bicyclic) bond motifs is 1. The van der Waals surface area contributed by atoms with Gasteiger partial charge in [-0.25, -0.2) is 27.8 Å². The zero-order valence-electron chi connectivity index (χ0n) is 31.3. The predicted molar refractivity (Wildman–Crippen MR) is 195 cm³/mol. The highest BCUT2D eigenvalue weighted by molar-refractivity contribution is 7.91. The average molecular weight is 765 g/mol. The molecule has 1 unspecified atom stereocenters. The number of nitrogens with one attached hydrogen (secondary N) is 1. The molecule has 2 aromatic carbocycles. The number of hydrogen-bond donors (Lipinski definition) is 2. The van der Waals surface area contributed by atoms with E-state index in [2.05, 4.69) is 6.58 Å². The van der Waals surface area contributed by atoms with E-state index in [-0.39, 0.29) is 41.7 Å². The number of halogens is 1. The van der Waals surface area contributed by atoms with Gasteiger partial charge >= 0.3 is 34.5 Å². The molecule has 3 rings (SSSR count). The molecule has 0 radical (unpaired) electrons. The number of nitrogens with zero attached hydrogens (tertiary/aromatic N) is 3. The summed E-state index contributed by atoms with van der Waals surface area (Å²) in [4.78, 5) is 54.1. The normalized spacial score (nSPS) is 14.7. The lowest BCUT2D eigenvalue weighted by atomic mass is 10.1. The molecule has 0 fully saturated rings. The van der Waals surface area contributed by atoms with Crippen LogP contribution in [-0.4, -0.2) is 85.7 Å². The Hall–Kier alpha value is -5.06. The van der Waals surface area contributed by atoms with Crippen molar-refractivity contribution in [1.82, 2.24) is 9.62 Å². The highest BCUT2D eigenvalue weighted by Crippen LogP contribution is 2.45. The lowest BCUT2D eigenvalue weighted by molar-refractivity contribution is -0.152. The third kappa shape index (κ3) is 11.5. The molecule has 0 saturated carbocycles. The number of hydrogen-bond acceptors (Lipinski definition) is 10. The Morgan fingerprint density at radius 1 is 1.09 bits per heavy atom. The quantitative estimate of drug-likeness (QED) is 0.128. The van der Waals surface area contributed by atoms with Crippen LogP contribution in [0.3, 0.4) is 0 Å². The number of carboxylic acid groups (broad SMARTS) is 1. The minimum Gasteiger partial charge on any atom is -0.487 e. The molecule has 0 aromatic heterocycles. The number of carbonyl (C=O) groups excluding carboxylic acids is 3. The number of esters is 1. The molecule has 2 atom stereocenters. The molecule has 1 aliphatic rings. The van der Waals surface area contributed by atoms with E-state index in [1.54, 1.807) is 83.5 Å². The van der Waals surface area contributed by atoms with Gasteiger partial charge in [0.15, 0.2) is 5.82 Å². The fraction of sp³-hybridized carbons (Fsp3) is 0.500. The highest BCUT2D eigenvalue weighted by Gasteiger charge is 2.43. The fourth-order valence-electron chi connectivity index (χ4n) is 5.36. The largest absolute Gasteiger partial charge is 0.487 e. The monoisotopic (exact) mass is 764 g/mol. The van der Waals surface area contributed by atoms with Gasteiger partial charge in [0, 0.05) is 30.6 Å². The van der Waals surface area contributed by atoms with Gasteiger partial charge in [-0.05, 0) is 60.5 Å². The van der Waals surface area contributed by atoms with Crippen LogP contribution in [-0.2, 0) is 42.2 Å². The first kappa shape index (κ1) is 42.4. The summed E-state index contributed by atoms with van der Waals surface area (Å²) in [6.07, 6.45) is -2.27. The molecule has 2 aromatic rings. The highest BCUT2D eigenvalue weighted by atomic mass is 32.2. The maximum absolute atomic E-state index is 17.2. The molecule has 292 valence electrons. The summed E-state index contributed by atoms with van der Waals surface area (Å²) < 4.78 is 68.6. The second kappa shape index (κ2) is 17.2. The van der Waals surface area contributed by atoms with Gasteiger partial charge in [0.05, 0.1) is 11.7 Å². The Morgan fingerprint density at radius 2 is 1.72 bits per heavy atom. The van der Waals surface area contributed by atoms with Gasteiger partial charge in [-0.15, -0.1) is 0 Å². The van der Waals surface area contributed by atoms with Gasteiger partial charge in [0.2, 0.25) is 0 Å². The average Bonchev–Trinajstić information content (AvgIpc) is 3.41. The molecule has 0 saturated heterocycles. The van der Waals surface area contributed by atoms with Gasteiger partial charge < -0.3 is 29.0 Å². The Bertz CT molecular complexity index is 1780. The van der Waals surface area contributed by atoms with Crippen molar-refractivity contribution >= 4 is 45.8 Å². The molecule has 1 heterocycles. The van der Waals surface area contributed by atoms with Crippen LogP contribution in [0.15, 0.2) is 49.1 Å². The molecule has 15 nitrogen and oxygen atoms in total. The zero-order chi connectivity index (χ0) is 39.9. The number of amides is 3. The van der Waals surface area contributed by atoms with Gasteiger partial charge in [-0.2, -0.15) is 8.42 Å². The van der Waals surface area contributed by atoms with Crippen LogP contribution >= 0.6 is 0 Å². The molecule has 3 amide bonds. The topological polar surface area (TPSA) is 181 Å². The Balaban J connectivity index is 2.26. The number of rotatable bonds is 14. The van der Waals surface area contributed by atoms with Crippen molar-refractivity contribution in [1.29, 1.82) is 0 Å². The SMILES string of the molecule is C=CCOC(=O)NS(=O)(=O)N(CC(=O)OC(C)(C)C)c1c(OCc2ccccc2)cc2c(c1F)C[C@H](CN(C(=O)OC(C)(C)C)C(C)CC)N2C(=O)O. The van der Waals surface area contributed by atoms with E-state index in [4.69, 9.17) is 18.9 Å². The maximum atomic E-state index is 17.2. The molecule has 2 N–H and O–H groups in total. The molecule has 0 aliphatic carbocycles. The third-order valence-electron chi connectivity index (χ3n) is 7.73. The number of anilines is 2. The van der Waals surface area contributed by atoms with E-state index in [1.165, 1.54) is 11.0 Å². The number of ether oxygens (including phenoxy) is 4. The summed E-state index contributed by atoms with van der Waals surface area (Å²) in [6.45, 7) is 14.7. The predicted octanol–water partition coefficient (Wildman–Crippen LogP) is 6.15. The Kier molecular flexibility index (Phi) is 13.7. The second-order valence-electron chi connectivity index (χ2n) is 14.3. The smallest absolute Gasteiger partial charge is 0.422 e. The Labute approximate surface area is 309 Å². The van der Waals surface area contributed by atoms with E-state index in [0.717, 1.165) is 11.0 Å². The lowest BCUT2D eigenvalue weighted by Gasteiger charge is -2.35. The number of carbonyl (C=O) groups is 4. The van der Waals surface area contributed by atoms with Crippen LogP contribution in [0.25, 0.3) is 0 Å². The van der Waals surface area contributed by atoms with E-state index in [0.29, 0.717) is 12.0 Å². The summed E-state index contributed by atoms with van der Waals surface area (Å²) >= 11 is 0. The zero-order valence-corrected chi connectivity index (χ0v) is 32.1. The molecule has 0 bridgehead atoms. The van der Waals surface area contributed by atoms with E-state index < -0.39 is 81.5 Å². The standard InChI is InChI=1S/C36H49FN4O11S/c1-10-17-49-32(43)38-53(47,48)40(21-29(42)51-35(4,5)6)31-28(50-22-24-15-13-12-14-16-24)19-27-26(30(31)37)18-25(41(27)33(44)45)20-39(23(3)11-2)34(46)52-36(7,8)9/h10,12-16,19,23,25H,1,11,17-18,20-22H2,2-9H3,(H,38,43)(H,44,45)/t23?,25-/m1/s1. The summed E-state index contributed by atoms with van der Waals surface area (Å²) in [5.41, 5.74) is -2.58. The molecular weight excluding hydrogens is 715 g/mol. The van der Waals surface area contributed by atoms with Gasteiger partial charge in [-0.3, -0.25) is 9.69 Å². The van der Waals surface area contributed by atoms with Crippen LogP contribution in [0.5, 0.6) is 5.75 Å². The minimum atomic E-state index is -5.15. The van der Waals surface area contributed by atoms with Crippen LogP contribution in [0.2, 0.25) is 0 Å². The first-order valence-electron chi connectivity index (χ1n) is 16.9. The summed E-state index contributed by atoms with van der Waals surface area (Å²) in [5.74, 6) is -2.83. The van der Waals surface area contributed by atoms with Crippen molar-refractivity contribution in [2.45, 2.75) is 98.1 Å². The van der Waals surface area contributed by atoms with E-state index >= 15 is 4.39 Å². The van der Waals surface area contributed by atoms with Crippen molar-refractivity contribution in [2.24, 2.45) is 0 Å². The van der Waals surface area contributed by atoms with E-state index in [9.17, 15) is 32.7 Å².